The monoisotopic (exact) mass is 326 g/mol. The van der Waals surface area contributed by atoms with E-state index in [9.17, 15) is 4.39 Å². The fourth-order valence-electron chi connectivity index (χ4n) is 3.18. The van der Waals surface area contributed by atoms with Crippen molar-refractivity contribution < 1.29 is 4.39 Å². The Morgan fingerprint density at radius 3 is 2.67 bits per heavy atom. The molecule has 1 aliphatic heterocycles. The van der Waals surface area contributed by atoms with Gasteiger partial charge in [0.05, 0.1) is 11.1 Å². The lowest BCUT2D eigenvalue weighted by Crippen LogP contribution is -2.31. The first-order valence-electron chi connectivity index (χ1n) is 8.14. The molecule has 0 bridgehead atoms. The van der Waals surface area contributed by atoms with Crippen molar-refractivity contribution in [1.82, 2.24) is 19.7 Å². The summed E-state index contributed by atoms with van der Waals surface area (Å²) in [7, 11) is 1.77. The molecule has 0 atom stereocenters. The van der Waals surface area contributed by atoms with Crippen molar-refractivity contribution in [3.63, 3.8) is 0 Å². The lowest BCUT2D eigenvalue weighted by atomic mass is 10.1. The number of anilines is 2. The molecule has 7 heteroatoms. The third kappa shape index (κ3) is 2.46. The molecule has 0 amide bonds. The molecule has 4 rings (SSSR count). The third-order valence-electron chi connectivity index (χ3n) is 4.46. The van der Waals surface area contributed by atoms with Crippen molar-refractivity contribution in [2.45, 2.75) is 19.3 Å². The van der Waals surface area contributed by atoms with E-state index >= 15 is 0 Å². The molecule has 2 aromatic heterocycles. The number of hydrogen-bond acceptors (Lipinski definition) is 5. The maximum absolute atomic E-state index is 13.7. The standard InChI is InChI=1S/C17H19FN6/c1-23-15(19)13-14(11-6-5-7-12(18)10-11)20-17(21-16(13)22-23)24-8-3-2-4-9-24/h5-7,10H,2-4,8-9,19H2,1H3. The summed E-state index contributed by atoms with van der Waals surface area (Å²) in [6, 6.07) is 6.39. The van der Waals surface area contributed by atoms with Gasteiger partial charge in [0.15, 0.2) is 5.65 Å². The van der Waals surface area contributed by atoms with Gasteiger partial charge in [-0.3, -0.25) is 4.68 Å². The Morgan fingerprint density at radius 2 is 1.92 bits per heavy atom. The molecule has 1 saturated heterocycles. The first kappa shape index (κ1) is 14.9. The average molecular weight is 326 g/mol. The van der Waals surface area contributed by atoms with Gasteiger partial charge in [0, 0.05) is 25.7 Å². The molecule has 24 heavy (non-hydrogen) atoms. The second kappa shape index (κ2) is 5.74. The Morgan fingerprint density at radius 1 is 1.12 bits per heavy atom. The average Bonchev–Trinajstić information content (AvgIpc) is 2.89. The summed E-state index contributed by atoms with van der Waals surface area (Å²) in [5.41, 5.74) is 8.01. The fourth-order valence-corrected chi connectivity index (χ4v) is 3.18. The predicted molar refractivity (Wildman–Crippen MR) is 92.2 cm³/mol. The first-order valence-corrected chi connectivity index (χ1v) is 8.14. The summed E-state index contributed by atoms with van der Waals surface area (Å²) in [5.74, 6) is 0.815. The number of hydrogen-bond donors (Lipinski definition) is 1. The van der Waals surface area contributed by atoms with Crippen LogP contribution in [-0.4, -0.2) is 32.8 Å². The summed E-state index contributed by atoms with van der Waals surface area (Å²) >= 11 is 0. The van der Waals surface area contributed by atoms with E-state index in [0.717, 1.165) is 25.9 Å². The number of aryl methyl sites for hydroxylation is 1. The number of halogens is 1. The number of rotatable bonds is 2. The molecule has 0 unspecified atom stereocenters. The van der Waals surface area contributed by atoms with E-state index in [1.807, 2.05) is 6.07 Å². The van der Waals surface area contributed by atoms with Gasteiger partial charge >= 0.3 is 0 Å². The lowest BCUT2D eigenvalue weighted by molar-refractivity contribution is 0.569. The van der Waals surface area contributed by atoms with Crippen LogP contribution in [0.3, 0.4) is 0 Å². The van der Waals surface area contributed by atoms with Crippen LogP contribution in [0.1, 0.15) is 19.3 Å². The van der Waals surface area contributed by atoms with Crippen molar-refractivity contribution in [3.8, 4) is 11.3 Å². The van der Waals surface area contributed by atoms with Gasteiger partial charge in [0.25, 0.3) is 0 Å². The summed E-state index contributed by atoms with van der Waals surface area (Å²) in [6.07, 6.45) is 3.48. The van der Waals surface area contributed by atoms with Gasteiger partial charge < -0.3 is 10.6 Å². The molecular formula is C17H19FN6. The van der Waals surface area contributed by atoms with Crippen LogP contribution in [0.4, 0.5) is 16.2 Å². The maximum atomic E-state index is 13.7. The Balaban J connectivity index is 1.94. The zero-order valence-electron chi connectivity index (χ0n) is 13.5. The van der Waals surface area contributed by atoms with Crippen LogP contribution in [0.2, 0.25) is 0 Å². The van der Waals surface area contributed by atoms with Gasteiger partial charge in [-0.25, -0.2) is 9.37 Å². The zero-order chi connectivity index (χ0) is 16.7. The second-order valence-corrected chi connectivity index (χ2v) is 6.14. The number of nitrogens with zero attached hydrogens (tertiary/aromatic N) is 5. The van der Waals surface area contributed by atoms with Gasteiger partial charge in [-0.1, -0.05) is 12.1 Å². The molecule has 2 N–H and O–H groups in total. The van der Waals surface area contributed by atoms with Crippen molar-refractivity contribution in [2.75, 3.05) is 23.7 Å². The van der Waals surface area contributed by atoms with E-state index in [1.165, 1.54) is 18.6 Å². The highest BCUT2D eigenvalue weighted by atomic mass is 19.1. The first-order chi connectivity index (χ1) is 11.6. The number of nitrogens with two attached hydrogens (primary N) is 1. The summed E-state index contributed by atoms with van der Waals surface area (Å²) in [5, 5.41) is 5.07. The fraction of sp³-hybridized carbons (Fsp3) is 0.353. The highest BCUT2D eigenvalue weighted by Gasteiger charge is 2.21. The zero-order valence-corrected chi connectivity index (χ0v) is 13.5. The largest absolute Gasteiger partial charge is 0.383 e. The van der Waals surface area contributed by atoms with Crippen molar-refractivity contribution in [3.05, 3.63) is 30.1 Å². The molecule has 1 fully saturated rings. The van der Waals surface area contributed by atoms with Crippen LogP contribution >= 0.6 is 0 Å². The molecule has 0 radical (unpaired) electrons. The minimum Gasteiger partial charge on any atom is -0.383 e. The van der Waals surface area contributed by atoms with Crippen LogP contribution in [0.25, 0.3) is 22.3 Å². The summed E-state index contributed by atoms with van der Waals surface area (Å²) in [4.78, 5) is 11.5. The van der Waals surface area contributed by atoms with Crippen LogP contribution in [0.15, 0.2) is 24.3 Å². The van der Waals surface area contributed by atoms with Crippen LogP contribution < -0.4 is 10.6 Å². The molecule has 0 saturated carbocycles. The molecule has 1 aliphatic rings. The van der Waals surface area contributed by atoms with Gasteiger partial charge in [0.1, 0.15) is 11.6 Å². The molecule has 1 aromatic carbocycles. The van der Waals surface area contributed by atoms with E-state index in [2.05, 4.69) is 15.0 Å². The summed E-state index contributed by atoms with van der Waals surface area (Å²) in [6.45, 7) is 1.85. The number of benzene rings is 1. The van der Waals surface area contributed by atoms with Crippen molar-refractivity contribution >= 4 is 22.8 Å². The molecule has 0 spiro atoms. The number of nitrogen functional groups attached to an aromatic ring is 1. The molecule has 124 valence electrons. The highest BCUT2D eigenvalue weighted by molar-refractivity contribution is 5.98. The van der Waals surface area contributed by atoms with Crippen molar-refractivity contribution in [1.29, 1.82) is 0 Å². The van der Waals surface area contributed by atoms with Gasteiger partial charge in [-0.15, -0.1) is 0 Å². The Hall–Kier alpha value is -2.70. The molecule has 3 aromatic rings. The molecular weight excluding hydrogens is 307 g/mol. The van der Waals surface area contributed by atoms with Crippen LogP contribution in [-0.2, 0) is 7.05 Å². The minimum atomic E-state index is -0.304. The number of aromatic nitrogens is 4. The minimum absolute atomic E-state index is 0.304. The quantitative estimate of drug-likeness (QED) is 0.784. The smallest absolute Gasteiger partial charge is 0.228 e. The van der Waals surface area contributed by atoms with Crippen molar-refractivity contribution in [2.24, 2.45) is 7.05 Å². The maximum Gasteiger partial charge on any atom is 0.228 e. The molecule has 3 heterocycles. The Labute approximate surface area is 139 Å². The molecule has 6 nitrogen and oxygen atoms in total. The van der Waals surface area contributed by atoms with E-state index < -0.39 is 0 Å². The predicted octanol–water partition coefficient (Wildman–Crippen LogP) is 2.74. The van der Waals surface area contributed by atoms with Crippen LogP contribution in [0, 0.1) is 5.82 Å². The third-order valence-corrected chi connectivity index (χ3v) is 4.46. The van der Waals surface area contributed by atoms with E-state index in [4.69, 9.17) is 10.7 Å². The van der Waals surface area contributed by atoms with E-state index in [0.29, 0.717) is 34.1 Å². The van der Waals surface area contributed by atoms with Crippen LogP contribution in [0.5, 0.6) is 0 Å². The number of fused-ring (bicyclic) bond motifs is 1. The highest BCUT2D eigenvalue weighted by Crippen LogP contribution is 2.32. The number of piperidine rings is 1. The second-order valence-electron chi connectivity index (χ2n) is 6.14. The lowest BCUT2D eigenvalue weighted by Gasteiger charge is -2.26. The Kier molecular flexibility index (Phi) is 3.55. The SMILES string of the molecule is Cn1nc2nc(N3CCCCC3)nc(-c3cccc(F)c3)c2c1N. The topological polar surface area (TPSA) is 72.9 Å². The molecule has 0 aliphatic carbocycles. The van der Waals surface area contributed by atoms with Gasteiger partial charge in [-0.2, -0.15) is 10.1 Å². The summed E-state index contributed by atoms with van der Waals surface area (Å²) < 4.78 is 15.3. The van der Waals surface area contributed by atoms with E-state index in [-0.39, 0.29) is 5.82 Å². The normalized spacial score (nSPS) is 15.2. The Bertz CT molecular complexity index is 897. The van der Waals surface area contributed by atoms with Gasteiger partial charge in [0.2, 0.25) is 5.95 Å². The van der Waals surface area contributed by atoms with Gasteiger partial charge in [-0.05, 0) is 31.4 Å². The van der Waals surface area contributed by atoms with E-state index in [1.54, 1.807) is 17.8 Å².